The minimum Gasteiger partial charge on any atom is -0.480 e. The number of ether oxygens (including phenoxy) is 2. The molecule has 0 aromatic heterocycles. The number of benzene rings is 2. The summed E-state index contributed by atoms with van der Waals surface area (Å²) in [5.74, 6) is -1.59. The highest BCUT2D eigenvalue weighted by Crippen LogP contribution is 2.37. The summed E-state index contributed by atoms with van der Waals surface area (Å²) in [7, 11) is 0. The van der Waals surface area contributed by atoms with E-state index in [9.17, 15) is 19.5 Å². The smallest absolute Gasteiger partial charge is 0.338 e. The number of carboxylic acid groups (broad SMARTS) is 1. The van der Waals surface area contributed by atoms with Gasteiger partial charge in [-0.05, 0) is 68.4 Å². The van der Waals surface area contributed by atoms with Crippen LogP contribution in [0.25, 0.3) is 0 Å². The van der Waals surface area contributed by atoms with Gasteiger partial charge in [0.15, 0.2) is 0 Å². The van der Waals surface area contributed by atoms with E-state index in [1.54, 1.807) is 48.6 Å². The fourth-order valence-electron chi connectivity index (χ4n) is 5.53. The molecule has 1 aliphatic rings. The Bertz CT molecular complexity index is 1240. The molecule has 0 heterocycles. The first-order valence-electron chi connectivity index (χ1n) is 15.4. The number of unbranched alkanes of at least 4 members (excludes halogenated alkanes) is 2. The van der Waals surface area contributed by atoms with Gasteiger partial charge in [-0.3, -0.25) is 4.79 Å². The zero-order valence-electron chi connectivity index (χ0n) is 25.7. The molecule has 0 unspecified atom stereocenters. The maximum atomic E-state index is 13.1. The molecule has 0 saturated heterocycles. The molecule has 226 valence electrons. The Morgan fingerprint density at radius 3 is 2.05 bits per heavy atom. The minimum atomic E-state index is -1.51. The van der Waals surface area contributed by atoms with Crippen LogP contribution >= 0.6 is 0 Å². The zero-order chi connectivity index (χ0) is 30.7. The number of aliphatic carboxylic acids is 1. The van der Waals surface area contributed by atoms with Crippen molar-refractivity contribution in [3.8, 4) is 0 Å². The number of carboxylic acids is 1. The van der Waals surface area contributed by atoms with E-state index >= 15 is 0 Å². The number of esters is 2. The Labute approximate surface area is 250 Å². The summed E-state index contributed by atoms with van der Waals surface area (Å²) in [5, 5.41) is 10.4. The Balaban J connectivity index is 1.75. The van der Waals surface area contributed by atoms with Crippen molar-refractivity contribution in [3.63, 3.8) is 0 Å². The Kier molecular flexibility index (Phi) is 12.1. The van der Waals surface area contributed by atoms with Gasteiger partial charge < -0.3 is 14.6 Å². The van der Waals surface area contributed by atoms with Crippen LogP contribution < -0.4 is 0 Å². The van der Waals surface area contributed by atoms with Gasteiger partial charge in [-0.2, -0.15) is 0 Å². The van der Waals surface area contributed by atoms with E-state index < -0.39 is 17.4 Å². The molecule has 2 atom stereocenters. The molecule has 1 aliphatic carbocycles. The maximum absolute atomic E-state index is 13.1. The largest absolute Gasteiger partial charge is 0.480 e. The molecule has 1 N–H and O–H groups in total. The summed E-state index contributed by atoms with van der Waals surface area (Å²) < 4.78 is 11.4. The normalized spacial score (nSPS) is 19.3. The van der Waals surface area contributed by atoms with Crippen LogP contribution in [0.1, 0.15) is 117 Å². The van der Waals surface area contributed by atoms with Crippen molar-refractivity contribution in [2.45, 2.75) is 103 Å². The van der Waals surface area contributed by atoms with Gasteiger partial charge in [0.05, 0.1) is 23.3 Å². The third-order valence-electron chi connectivity index (χ3n) is 8.26. The van der Waals surface area contributed by atoms with Crippen LogP contribution in [0.15, 0.2) is 72.8 Å². The zero-order valence-corrected chi connectivity index (χ0v) is 25.7. The van der Waals surface area contributed by atoms with Crippen LogP contribution in [0, 0.1) is 5.92 Å². The summed E-state index contributed by atoms with van der Waals surface area (Å²) in [5.41, 5.74) is 0.504. The number of carbonyl (C=O) groups is 3. The Morgan fingerprint density at radius 2 is 1.45 bits per heavy atom. The molecule has 0 fully saturated rings. The highest BCUT2D eigenvalue weighted by Gasteiger charge is 2.40. The lowest BCUT2D eigenvalue weighted by Gasteiger charge is -2.29. The topological polar surface area (TPSA) is 89.9 Å². The van der Waals surface area contributed by atoms with Crippen molar-refractivity contribution in [1.29, 1.82) is 0 Å². The van der Waals surface area contributed by atoms with Gasteiger partial charge in [0.25, 0.3) is 0 Å². The monoisotopic (exact) mass is 574 g/mol. The molecule has 0 radical (unpaired) electrons. The van der Waals surface area contributed by atoms with E-state index in [-0.39, 0.29) is 29.7 Å². The van der Waals surface area contributed by atoms with E-state index in [1.807, 2.05) is 38.1 Å². The molecule has 3 rings (SSSR count). The molecule has 42 heavy (non-hydrogen) atoms. The van der Waals surface area contributed by atoms with E-state index in [0.29, 0.717) is 17.0 Å². The Morgan fingerprint density at radius 1 is 0.833 bits per heavy atom. The second-order valence-corrected chi connectivity index (χ2v) is 11.4. The molecule has 6 heteroatoms. The van der Waals surface area contributed by atoms with Crippen LogP contribution in [-0.4, -0.2) is 35.2 Å². The summed E-state index contributed by atoms with van der Waals surface area (Å²) in [6, 6.07) is 14.0. The van der Waals surface area contributed by atoms with Gasteiger partial charge in [-0.1, -0.05) is 101 Å². The molecular formula is C36H46O6. The molecule has 0 saturated carbocycles. The predicted octanol–water partition coefficient (Wildman–Crippen LogP) is 8.42. The summed E-state index contributed by atoms with van der Waals surface area (Å²) >= 11 is 0. The first-order valence-corrected chi connectivity index (χ1v) is 15.4. The molecule has 6 nitrogen and oxygen atoms in total. The molecule has 2 aromatic carbocycles. The van der Waals surface area contributed by atoms with Gasteiger partial charge in [0.2, 0.25) is 0 Å². The molecular weight excluding hydrogens is 528 g/mol. The van der Waals surface area contributed by atoms with E-state index in [4.69, 9.17) is 9.47 Å². The minimum absolute atomic E-state index is 0.153. The quantitative estimate of drug-likeness (QED) is 0.130. The van der Waals surface area contributed by atoms with Crippen molar-refractivity contribution < 1.29 is 29.0 Å². The third-order valence-corrected chi connectivity index (χ3v) is 8.26. The SMILES string of the molecule is CCCCC[C@@H](C)OC(=O)c1ccccc1C1(C(=O)O)C=CC(c2ccc(C(=O)O[C@H](C)CC(CC)CC)cc2)C=C1. The van der Waals surface area contributed by atoms with Crippen LogP contribution in [0.5, 0.6) is 0 Å². The van der Waals surface area contributed by atoms with Crippen molar-refractivity contribution in [3.05, 3.63) is 95.1 Å². The number of hydrogen-bond acceptors (Lipinski definition) is 5. The fourth-order valence-corrected chi connectivity index (χ4v) is 5.53. The van der Waals surface area contributed by atoms with E-state index in [0.717, 1.165) is 50.5 Å². The highest BCUT2D eigenvalue weighted by atomic mass is 16.5. The molecule has 0 spiro atoms. The average molecular weight is 575 g/mol. The Hall–Kier alpha value is -3.67. The van der Waals surface area contributed by atoms with E-state index in [1.165, 1.54) is 0 Å². The van der Waals surface area contributed by atoms with Crippen LogP contribution in [0.4, 0.5) is 0 Å². The van der Waals surface area contributed by atoms with Crippen LogP contribution in [-0.2, 0) is 19.7 Å². The standard InChI is InChI=1S/C36H46O6/c1-6-9-10-13-25(4)41-34(38)31-14-11-12-15-32(31)36(35(39)40)22-20-29(21-23-36)28-16-18-30(19-17-28)33(37)42-26(5)24-27(7-2)8-3/h11-12,14-23,25-27,29H,6-10,13,24H2,1-5H3,(H,39,40)/t25-,26-,29?,36?/m1/s1. The lowest BCUT2D eigenvalue weighted by molar-refractivity contribution is -0.140. The number of rotatable bonds is 15. The predicted molar refractivity (Wildman–Crippen MR) is 166 cm³/mol. The summed E-state index contributed by atoms with van der Waals surface area (Å²) in [4.78, 5) is 38.5. The van der Waals surface area contributed by atoms with Crippen LogP contribution in [0.2, 0.25) is 0 Å². The van der Waals surface area contributed by atoms with Gasteiger partial charge >= 0.3 is 17.9 Å². The number of carbonyl (C=O) groups excluding carboxylic acids is 2. The van der Waals surface area contributed by atoms with E-state index in [2.05, 4.69) is 20.8 Å². The van der Waals surface area contributed by atoms with Crippen LogP contribution in [0.3, 0.4) is 0 Å². The second-order valence-electron chi connectivity index (χ2n) is 11.4. The van der Waals surface area contributed by atoms with Crippen molar-refractivity contribution >= 4 is 17.9 Å². The second kappa shape index (κ2) is 15.5. The highest BCUT2D eigenvalue weighted by molar-refractivity contribution is 5.97. The third kappa shape index (κ3) is 8.21. The lowest BCUT2D eigenvalue weighted by Crippen LogP contribution is -2.35. The van der Waals surface area contributed by atoms with Crippen molar-refractivity contribution in [1.82, 2.24) is 0 Å². The molecule has 2 aromatic rings. The van der Waals surface area contributed by atoms with Gasteiger partial charge in [-0.15, -0.1) is 0 Å². The van der Waals surface area contributed by atoms with Gasteiger partial charge in [0, 0.05) is 5.92 Å². The fraction of sp³-hybridized carbons (Fsp3) is 0.472. The first kappa shape index (κ1) is 32.8. The van der Waals surface area contributed by atoms with Gasteiger partial charge in [0.1, 0.15) is 5.41 Å². The number of allylic oxidation sites excluding steroid dienone is 2. The molecule has 0 amide bonds. The number of hydrogen-bond donors (Lipinski definition) is 1. The van der Waals surface area contributed by atoms with Crippen molar-refractivity contribution in [2.24, 2.45) is 5.92 Å². The lowest BCUT2D eigenvalue weighted by atomic mass is 9.73. The molecule has 0 aliphatic heterocycles. The maximum Gasteiger partial charge on any atom is 0.338 e. The first-order chi connectivity index (χ1) is 20.1. The average Bonchev–Trinajstić information content (AvgIpc) is 3.00. The summed E-state index contributed by atoms with van der Waals surface area (Å²) in [6.45, 7) is 10.2. The van der Waals surface area contributed by atoms with Gasteiger partial charge in [-0.25, -0.2) is 9.59 Å². The van der Waals surface area contributed by atoms with Crippen molar-refractivity contribution in [2.75, 3.05) is 0 Å². The summed E-state index contributed by atoms with van der Waals surface area (Å²) in [6.07, 6.45) is 13.4. The molecule has 0 bridgehead atoms.